The van der Waals surface area contributed by atoms with Crippen molar-refractivity contribution in [2.75, 3.05) is 13.7 Å². The Balaban J connectivity index is 0.000000555. The normalized spacial score (nSPS) is 25.7. The van der Waals surface area contributed by atoms with Crippen LogP contribution in [0.1, 0.15) is 78.6 Å². The average molecular weight is 271 g/mol. The molecule has 0 radical (unpaired) electrons. The van der Waals surface area contributed by atoms with Crippen molar-refractivity contribution in [3.05, 3.63) is 0 Å². The first-order chi connectivity index (χ1) is 9.21. The molecule has 0 aromatic rings. The molecule has 0 saturated heterocycles. The molecule has 0 spiro atoms. The SMILES string of the molecule is CCC(C)C1CCCCCCC1NC.CCCCO. The fraction of sp³-hybridized carbons (Fsp3) is 1.00. The maximum absolute atomic E-state index is 8.07. The van der Waals surface area contributed by atoms with Crippen LogP contribution in [0.3, 0.4) is 0 Å². The van der Waals surface area contributed by atoms with Crippen LogP contribution in [0.15, 0.2) is 0 Å². The molecule has 19 heavy (non-hydrogen) atoms. The van der Waals surface area contributed by atoms with Crippen LogP contribution in [0, 0.1) is 11.8 Å². The van der Waals surface area contributed by atoms with Crippen LogP contribution in [-0.4, -0.2) is 24.8 Å². The second-order valence-electron chi connectivity index (χ2n) is 6.01. The number of hydrogen-bond donors (Lipinski definition) is 2. The number of nitrogens with one attached hydrogen (secondary N) is 1. The smallest absolute Gasteiger partial charge is 0.0430 e. The Morgan fingerprint density at radius 1 is 1.11 bits per heavy atom. The minimum Gasteiger partial charge on any atom is -0.396 e. The van der Waals surface area contributed by atoms with Crippen LogP contribution >= 0.6 is 0 Å². The maximum Gasteiger partial charge on any atom is 0.0430 e. The molecule has 3 atom stereocenters. The van der Waals surface area contributed by atoms with Crippen molar-refractivity contribution in [2.24, 2.45) is 11.8 Å². The molecule has 1 aliphatic rings. The largest absolute Gasteiger partial charge is 0.396 e. The lowest BCUT2D eigenvalue weighted by molar-refractivity contribution is 0.218. The Hall–Kier alpha value is -0.0800. The Labute approximate surface area is 121 Å². The first-order valence-corrected chi connectivity index (χ1v) is 8.49. The van der Waals surface area contributed by atoms with Crippen molar-refractivity contribution in [3.63, 3.8) is 0 Å². The summed E-state index contributed by atoms with van der Waals surface area (Å²) in [5.41, 5.74) is 0. The molecule has 2 N–H and O–H groups in total. The van der Waals surface area contributed by atoms with Gasteiger partial charge in [-0.15, -0.1) is 0 Å². The fourth-order valence-corrected chi connectivity index (χ4v) is 3.01. The molecular formula is C17H37NO. The lowest BCUT2D eigenvalue weighted by atomic mass is 9.78. The van der Waals surface area contributed by atoms with Crippen molar-refractivity contribution in [2.45, 2.75) is 84.6 Å². The minimum atomic E-state index is 0.344. The van der Waals surface area contributed by atoms with Crippen LogP contribution < -0.4 is 5.32 Å². The van der Waals surface area contributed by atoms with Crippen molar-refractivity contribution in [1.29, 1.82) is 0 Å². The Bertz CT molecular complexity index is 182. The molecule has 0 amide bonds. The molecule has 0 heterocycles. The molecule has 2 nitrogen and oxygen atoms in total. The van der Waals surface area contributed by atoms with Gasteiger partial charge in [-0.2, -0.15) is 0 Å². The van der Waals surface area contributed by atoms with Gasteiger partial charge >= 0.3 is 0 Å². The van der Waals surface area contributed by atoms with E-state index in [1.165, 1.54) is 44.9 Å². The highest BCUT2D eigenvalue weighted by molar-refractivity contribution is 4.80. The second-order valence-corrected chi connectivity index (χ2v) is 6.01. The number of hydrogen-bond acceptors (Lipinski definition) is 2. The van der Waals surface area contributed by atoms with E-state index < -0.39 is 0 Å². The fourth-order valence-electron chi connectivity index (χ4n) is 3.01. The molecule has 0 bridgehead atoms. The van der Waals surface area contributed by atoms with Gasteiger partial charge in [0.15, 0.2) is 0 Å². The average Bonchev–Trinajstić information content (AvgIpc) is 2.40. The molecule has 1 rings (SSSR count). The van der Waals surface area contributed by atoms with Crippen LogP contribution in [0.5, 0.6) is 0 Å². The first-order valence-electron chi connectivity index (χ1n) is 8.49. The maximum atomic E-state index is 8.07. The lowest BCUT2D eigenvalue weighted by Gasteiger charge is -2.33. The summed E-state index contributed by atoms with van der Waals surface area (Å²) in [4.78, 5) is 0. The van der Waals surface area contributed by atoms with E-state index in [1.807, 2.05) is 0 Å². The van der Waals surface area contributed by atoms with Crippen molar-refractivity contribution < 1.29 is 5.11 Å². The number of unbranched alkanes of at least 4 members (excludes halogenated alkanes) is 1. The van der Waals surface area contributed by atoms with Gasteiger partial charge in [0.25, 0.3) is 0 Å². The predicted molar refractivity (Wildman–Crippen MR) is 85.5 cm³/mol. The zero-order valence-corrected chi connectivity index (χ0v) is 13.8. The zero-order chi connectivity index (χ0) is 14.5. The zero-order valence-electron chi connectivity index (χ0n) is 13.8. The van der Waals surface area contributed by atoms with Crippen LogP contribution in [-0.2, 0) is 0 Å². The third-order valence-corrected chi connectivity index (χ3v) is 4.58. The predicted octanol–water partition coefficient (Wildman–Crippen LogP) is 4.37. The highest BCUT2D eigenvalue weighted by Crippen LogP contribution is 2.29. The number of aliphatic hydroxyl groups is 1. The number of rotatable bonds is 5. The van der Waals surface area contributed by atoms with E-state index >= 15 is 0 Å². The molecule has 0 aromatic heterocycles. The van der Waals surface area contributed by atoms with Crippen molar-refractivity contribution in [3.8, 4) is 0 Å². The van der Waals surface area contributed by atoms with E-state index in [9.17, 15) is 0 Å². The summed E-state index contributed by atoms with van der Waals surface area (Å²) in [6.45, 7) is 7.15. The summed E-state index contributed by atoms with van der Waals surface area (Å²) in [6, 6.07) is 0.783. The second kappa shape index (κ2) is 12.9. The van der Waals surface area contributed by atoms with Crippen LogP contribution in [0.4, 0.5) is 0 Å². The molecular weight excluding hydrogens is 234 g/mol. The summed E-state index contributed by atoms with van der Waals surface area (Å²) >= 11 is 0. The highest BCUT2D eigenvalue weighted by Gasteiger charge is 2.25. The van der Waals surface area contributed by atoms with Gasteiger partial charge in [0.05, 0.1) is 0 Å². The topological polar surface area (TPSA) is 32.3 Å². The molecule has 116 valence electrons. The molecule has 0 aliphatic heterocycles. The van der Waals surface area contributed by atoms with E-state index in [0.717, 1.165) is 30.7 Å². The molecule has 1 aliphatic carbocycles. The first kappa shape index (κ1) is 18.9. The van der Waals surface area contributed by atoms with Gasteiger partial charge in [0, 0.05) is 12.6 Å². The molecule has 1 fully saturated rings. The monoisotopic (exact) mass is 271 g/mol. The van der Waals surface area contributed by atoms with Gasteiger partial charge in [0.2, 0.25) is 0 Å². The molecule has 2 heteroatoms. The summed E-state index contributed by atoms with van der Waals surface area (Å²) in [5.74, 6) is 1.82. The van der Waals surface area contributed by atoms with E-state index in [1.54, 1.807) is 0 Å². The van der Waals surface area contributed by atoms with E-state index in [0.29, 0.717) is 6.61 Å². The van der Waals surface area contributed by atoms with E-state index in [-0.39, 0.29) is 0 Å². The van der Waals surface area contributed by atoms with Crippen molar-refractivity contribution >= 4 is 0 Å². The summed E-state index contributed by atoms with van der Waals surface area (Å²) in [7, 11) is 2.14. The van der Waals surface area contributed by atoms with Gasteiger partial charge in [-0.05, 0) is 38.1 Å². The number of aliphatic hydroxyl groups excluding tert-OH is 1. The van der Waals surface area contributed by atoms with Crippen molar-refractivity contribution in [1.82, 2.24) is 5.32 Å². The van der Waals surface area contributed by atoms with E-state index in [2.05, 4.69) is 33.1 Å². The summed E-state index contributed by atoms with van der Waals surface area (Å²) in [5, 5.41) is 11.6. The Morgan fingerprint density at radius 3 is 2.16 bits per heavy atom. The third-order valence-electron chi connectivity index (χ3n) is 4.58. The lowest BCUT2D eigenvalue weighted by Crippen LogP contribution is -2.37. The van der Waals surface area contributed by atoms with Gasteiger partial charge in [0.1, 0.15) is 0 Å². The van der Waals surface area contributed by atoms with E-state index in [4.69, 9.17) is 5.11 Å². The van der Waals surface area contributed by atoms with Gasteiger partial charge < -0.3 is 10.4 Å². The van der Waals surface area contributed by atoms with Gasteiger partial charge in [-0.25, -0.2) is 0 Å². The van der Waals surface area contributed by atoms with Gasteiger partial charge in [-0.3, -0.25) is 0 Å². The highest BCUT2D eigenvalue weighted by atomic mass is 16.2. The molecule has 0 aromatic carbocycles. The Kier molecular flexibility index (Phi) is 12.9. The summed E-state index contributed by atoms with van der Waals surface area (Å²) in [6.07, 6.45) is 12.0. The van der Waals surface area contributed by atoms with Crippen LogP contribution in [0.2, 0.25) is 0 Å². The molecule has 1 saturated carbocycles. The standard InChI is InChI=1S/C13H27N.C4H10O/c1-4-11(2)12-9-7-5-6-8-10-13(12)14-3;1-2-3-4-5/h11-14H,4-10H2,1-3H3;5H,2-4H2,1H3. The van der Waals surface area contributed by atoms with Crippen LogP contribution in [0.25, 0.3) is 0 Å². The minimum absolute atomic E-state index is 0.344. The quantitative estimate of drug-likeness (QED) is 0.778. The molecule has 3 unspecified atom stereocenters. The third kappa shape index (κ3) is 8.65. The summed E-state index contributed by atoms with van der Waals surface area (Å²) < 4.78 is 0. The Morgan fingerprint density at radius 2 is 1.74 bits per heavy atom. The van der Waals surface area contributed by atoms with Gasteiger partial charge in [-0.1, -0.05) is 59.3 Å².